The van der Waals surface area contributed by atoms with Crippen molar-refractivity contribution >= 4 is 39.4 Å². The highest BCUT2D eigenvalue weighted by Gasteiger charge is 2.26. The number of aromatic nitrogens is 3. The fourth-order valence-corrected chi connectivity index (χ4v) is 4.44. The van der Waals surface area contributed by atoms with Crippen LogP contribution in [0.5, 0.6) is 5.75 Å². The van der Waals surface area contributed by atoms with E-state index in [0.29, 0.717) is 16.0 Å². The molecule has 0 aromatic carbocycles. The Hall–Kier alpha value is -1.86. The Morgan fingerprint density at radius 3 is 2.91 bits per heavy atom. The van der Waals surface area contributed by atoms with E-state index in [4.69, 9.17) is 0 Å². The van der Waals surface area contributed by atoms with E-state index in [9.17, 15) is 9.90 Å². The smallest absolute Gasteiger partial charge is 0.228 e. The summed E-state index contributed by atoms with van der Waals surface area (Å²) in [5.74, 6) is 0.896. The average Bonchev–Trinajstić information content (AvgIpc) is 3.07. The number of hydrogen-bond donors (Lipinski definition) is 1. The Balaban J connectivity index is 2.21. The molecule has 0 aliphatic carbocycles. The Kier molecular flexibility index (Phi) is 4.41. The summed E-state index contributed by atoms with van der Waals surface area (Å²) in [4.78, 5) is 21.5. The highest BCUT2D eigenvalue weighted by molar-refractivity contribution is 7.98. The van der Waals surface area contributed by atoms with Crippen molar-refractivity contribution in [2.24, 2.45) is 0 Å². The lowest BCUT2D eigenvalue weighted by molar-refractivity contribution is 0.0937. The zero-order valence-electron chi connectivity index (χ0n) is 13.1. The van der Waals surface area contributed by atoms with Crippen molar-refractivity contribution in [1.82, 2.24) is 14.5 Å². The third-order valence-electron chi connectivity index (χ3n) is 3.63. The van der Waals surface area contributed by atoms with Crippen LogP contribution in [0.4, 0.5) is 0 Å². The van der Waals surface area contributed by atoms with Crippen LogP contribution in [-0.4, -0.2) is 37.6 Å². The van der Waals surface area contributed by atoms with Crippen molar-refractivity contribution in [1.29, 1.82) is 0 Å². The standard InChI is InChI=1S/C16H17N3O2S2/c1-9(8-22-3)13-14(21)12-16(19(13)10(2)20)23-15(18-12)11-5-4-6-17-7-11/h4-7,9,21H,8H2,1-3H3. The topological polar surface area (TPSA) is 68.0 Å². The van der Waals surface area contributed by atoms with E-state index in [0.717, 1.165) is 16.3 Å². The van der Waals surface area contributed by atoms with E-state index in [-0.39, 0.29) is 17.6 Å². The molecule has 120 valence electrons. The lowest BCUT2D eigenvalue weighted by Crippen LogP contribution is -2.12. The number of rotatable bonds is 4. The third-order valence-corrected chi connectivity index (χ3v) is 5.55. The highest BCUT2D eigenvalue weighted by atomic mass is 32.2. The number of thiazole rings is 1. The average molecular weight is 347 g/mol. The fourth-order valence-electron chi connectivity index (χ4n) is 2.66. The first kappa shape index (κ1) is 16.0. The second-order valence-corrected chi connectivity index (χ2v) is 7.25. The van der Waals surface area contributed by atoms with Gasteiger partial charge in [-0.2, -0.15) is 11.8 Å². The molecule has 1 atom stereocenters. The summed E-state index contributed by atoms with van der Waals surface area (Å²) in [6.45, 7) is 3.52. The zero-order valence-corrected chi connectivity index (χ0v) is 14.7. The van der Waals surface area contributed by atoms with Gasteiger partial charge >= 0.3 is 0 Å². The van der Waals surface area contributed by atoms with Gasteiger partial charge < -0.3 is 5.11 Å². The Morgan fingerprint density at radius 1 is 1.52 bits per heavy atom. The molecule has 3 heterocycles. The summed E-state index contributed by atoms with van der Waals surface area (Å²) in [7, 11) is 0. The normalized spacial score (nSPS) is 12.7. The number of nitrogens with zero attached hydrogens (tertiary/aromatic N) is 3. The molecule has 0 radical (unpaired) electrons. The van der Waals surface area contributed by atoms with Gasteiger partial charge in [-0.1, -0.05) is 18.3 Å². The van der Waals surface area contributed by atoms with E-state index in [2.05, 4.69) is 9.97 Å². The van der Waals surface area contributed by atoms with Crippen LogP contribution in [0.3, 0.4) is 0 Å². The number of fused-ring (bicyclic) bond motifs is 1. The van der Waals surface area contributed by atoms with Crippen LogP contribution in [-0.2, 0) is 0 Å². The summed E-state index contributed by atoms with van der Waals surface area (Å²) >= 11 is 3.09. The molecule has 1 N–H and O–H groups in total. The van der Waals surface area contributed by atoms with Crippen LogP contribution in [0.1, 0.15) is 30.3 Å². The first-order valence-electron chi connectivity index (χ1n) is 7.19. The number of carbonyl (C=O) groups is 1. The minimum Gasteiger partial charge on any atom is -0.504 e. The van der Waals surface area contributed by atoms with Crippen molar-refractivity contribution in [3.05, 3.63) is 30.2 Å². The lowest BCUT2D eigenvalue weighted by Gasteiger charge is -2.13. The number of thioether (sulfide) groups is 1. The van der Waals surface area contributed by atoms with Gasteiger partial charge in [-0.05, 0) is 18.4 Å². The maximum absolute atomic E-state index is 12.2. The minimum atomic E-state index is -0.111. The number of hydrogen-bond acceptors (Lipinski definition) is 6. The van der Waals surface area contributed by atoms with E-state index in [1.165, 1.54) is 18.3 Å². The Bertz CT molecular complexity index is 855. The van der Waals surface area contributed by atoms with E-state index >= 15 is 0 Å². The van der Waals surface area contributed by atoms with Gasteiger partial charge in [-0.3, -0.25) is 14.3 Å². The first-order valence-corrected chi connectivity index (χ1v) is 9.40. The number of carbonyl (C=O) groups excluding carboxylic acids is 1. The van der Waals surface area contributed by atoms with Gasteiger partial charge in [0.1, 0.15) is 15.4 Å². The minimum absolute atomic E-state index is 0.0668. The molecule has 3 rings (SSSR count). The molecule has 1 unspecified atom stereocenters. The van der Waals surface area contributed by atoms with E-state index in [1.807, 2.05) is 25.3 Å². The van der Waals surface area contributed by atoms with E-state index < -0.39 is 0 Å². The molecule has 0 fully saturated rings. The molecule has 0 bridgehead atoms. The van der Waals surface area contributed by atoms with Crippen molar-refractivity contribution in [3.8, 4) is 16.3 Å². The summed E-state index contributed by atoms with van der Waals surface area (Å²) in [6.07, 6.45) is 5.44. The van der Waals surface area contributed by atoms with Gasteiger partial charge in [-0.15, -0.1) is 0 Å². The monoisotopic (exact) mass is 347 g/mol. The van der Waals surface area contributed by atoms with Gasteiger partial charge in [0.2, 0.25) is 5.91 Å². The number of aromatic hydroxyl groups is 1. The molecule has 0 amide bonds. The Morgan fingerprint density at radius 2 is 2.30 bits per heavy atom. The quantitative estimate of drug-likeness (QED) is 0.773. The fraction of sp³-hybridized carbons (Fsp3) is 0.312. The number of pyridine rings is 1. The Labute approximate surface area is 142 Å². The van der Waals surface area contributed by atoms with Crippen molar-refractivity contribution < 1.29 is 9.90 Å². The molecule has 3 aromatic heterocycles. The first-order chi connectivity index (χ1) is 11.0. The summed E-state index contributed by atoms with van der Waals surface area (Å²) < 4.78 is 1.60. The van der Waals surface area contributed by atoms with Crippen LogP contribution in [0.2, 0.25) is 0 Å². The molecule has 0 saturated carbocycles. The summed E-state index contributed by atoms with van der Waals surface area (Å²) in [6, 6.07) is 3.75. The molecule has 0 aliphatic heterocycles. The maximum Gasteiger partial charge on any atom is 0.228 e. The van der Waals surface area contributed by atoms with Crippen LogP contribution in [0.15, 0.2) is 24.5 Å². The van der Waals surface area contributed by atoms with Crippen LogP contribution >= 0.6 is 23.1 Å². The molecule has 3 aromatic rings. The maximum atomic E-state index is 12.2. The molecular weight excluding hydrogens is 330 g/mol. The highest BCUT2D eigenvalue weighted by Crippen LogP contribution is 2.41. The van der Waals surface area contributed by atoms with Gasteiger partial charge in [0, 0.05) is 36.6 Å². The molecule has 23 heavy (non-hydrogen) atoms. The predicted molar refractivity (Wildman–Crippen MR) is 95.6 cm³/mol. The van der Waals surface area contributed by atoms with Crippen LogP contribution in [0, 0.1) is 0 Å². The van der Waals surface area contributed by atoms with Crippen molar-refractivity contribution in [2.45, 2.75) is 19.8 Å². The van der Waals surface area contributed by atoms with Gasteiger partial charge in [0.15, 0.2) is 5.75 Å². The molecule has 7 heteroatoms. The second-order valence-electron chi connectivity index (χ2n) is 5.36. The third kappa shape index (κ3) is 2.74. The molecule has 0 aliphatic rings. The predicted octanol–water partition coefficient (Wildman–Crippen LogP) is 3.99. The molecule has 0 spiro atoms. The molecule has 5 nitrogen and oxygen atoms in total. The van der Waals surface area contributed by atoms with Crippen LogP contribution < -0.4 is 0 Å². The SMILES string of the molecule is CSCC(C)c1c(O)c2nc(-c3cccnc3)sc2n1C(C)=O. The van der Waals surface area contributed by atoms with Gasteiger partial charge in [-0.25, -0.2) is 4.98 Å². The summed E-state index contributed by atoms with van der Waals surface area (Å²) in [5, 5.41) is 11.4. The van der Waals surface area contributed by atoms with Gasteiger partial charge in [0.05, 0.1) is 5.69 Å². The van der Waals surface area contributed by atoms with Crippen LogP contribution in [0.25, 0.3) is 20.9 Å². The van der Waals surface area contributed by atoms with E-state index in [1.54, 1.807) is 28.7 Å². The second kappa shape index (κ2) is 6.33. The molecule has 0 saturated heterocycles. The van der Waals surface area contributed by atoms with Gasteiger partial charge in [0.25, 0.3) is 0 Å². The lowest BCUT2D eigenvalue weighted by atomic mass is 10.1. The molecular formula is C16H17N3O2S2. The van der Waals surface area contributed by atoms with Crippen molar-refractivity contribution in [2.75, 3.05) is 12.0 Å². The van der Waals surface area contributed by atoms with Crippen molar-refractivity contribution in [3.63, 3.8) is 0 Å². The zero-order chi connectivity index (χ0) is 16.6. The summed E-state index contributed by atoms with van der Waals surface area (Å²) in [5.41, 5.74) is 2.02. The largest absolute Gasteiger partial charge is 0.504 e.